The third-order valence-corrected chi connectivity index (χ3v) is 2.73. The number of hydrogen-bond acceptors (Lipinski definition) is 4. The minimum Gasteiger partial charge on any atom is -0.490 e. The van der Waals surface area contributed by atoms with Crippen LogP contribution >= 0.6 is 0 Å². The molecule has 5 heteroatoms. The Morgan fingerprint density at radius 1 is 1.10 bits per heavy atom. The van der Waals surface area contributed by atoms with E-state index in [1.165, 1.54) is 0 Å². The molecule has 0 heterocycles. The van der Waals surface area contributed by atoms with Crippen LogP contribution in [-0.2, 0) is 0 Å². The largest absolute Gasteiger partial charge is 0.490 e. The van der Waals surface area contributed by atoms with Gasteiger partial charge in [0.25, 0.3) is 5.91 Å². The summed E-state index contributed by atoms with van der Waals surface area (Å²) in [5, 5.41) is 8.79. The molecule has 2 aromatic carbocycles. The van der Waals surface area contributed by atoms with Crippen molar-refractivity contribution in [3.63, 3.8) is 0 Å². The maximum absolute atomic E-state index is 11.2. The van der Waals surface area contributed by atoms with E-state index < -0.39 is 5.91 Å². The molecular formula is C16H14N2O3. The molecule has 0 aliphatic carbocycles. The van der Waals surface area contributed by atoms with Gasteiger partial charge in [-0.1, -0.05) is 18.2 Å². The summed E-state index contributed by atoms with van der Waals surface area (Å²) in [7, 11) is 0. The molecule has 0 aliphatic rings. The first-order chi connectivity index (χ1) is 10.2. The number of carbonyl (C=O) groups is 1. The van der Waals surface area contributed by atoms with Gasteiger partial charge in [0.15, 0.2) is 0 Å². The quantitative estimate of drug-likeness (QED) is 0.822. The average molecular weight is 282 g/mol. The summed E-state index contributed by atoms with van der Waals surface area (Å²) in [6, 6.07) is 15.7. The normalized spacial score (nSPS) is 9.67. The number of nitrogens with zero attached hydrogens (tertiary/aromatic N) is 1. The highest BCUT2D eigenvalue weighted by molar-refractivity contribution is 5.95. The standard InChI is InChI=1S/C16H14N2O3/c17-11-12-4-3-5-13(10-12)20-8-9-21-15-7-2-1-6-14(15)16(18)19/h1-7,10H,8-9H2,(H2,18,19). The van der Waals surface area contributed by atoms with Crippen molar-refractivity contribution in [1.29, 1.82) is 5.26 Å². The van der Waals surface area contributed by atoms with Crippen LogP contribution in [0.1, 0.15) is 15.9 Å². The Hall–Kier alpha value is -3.00. The molecule has 0 bridgehead atoms. The summed E-state index contributed by atoms with van der Waals surface area (Å²) in [6.45, 7) is 0.559. The topological polar surface area (TPSA) is 85.3 Å². The van der Waals surface area contributed by atoms with E-state index >= 15 is 0 Å². The van der Waals surface area contributed by atoms with Crippen LogP contribution in [0.15, 0.2) is 48.5 Å². The van der Waals surface area contributed by atoms with E-state index in [0.717, 1.165) is 0 Å². The van der Waals surface area contributed by atoms with Gasteiger partial charge in [-0.3, -0.25) is 4.79 Å². The molecule has 0 atom stereocenters. The van der Waals surface area contributed by atoms with Crippen molar-refractivity contribution in [2.24, 2.45) is 5.73 Å². The number of nitrogens with two attached hydrogens (primary N) is 1. The number of amides is 1. The fourth-order valence-corrected chi connectivity index (χ4v) is 1.76. The number of para-hydroxylation sites is 1. The van der Waals surface area contributed by atoms with E-state index in [9.17, 15) is 4.79 Å². The molecule has 106 valence electrons. The predicted octanol–water partition coefficient (Wildman–Crippen LogP) is 2.11. The number of nitriles is 1. The first-order valence-electron chi connectivity index (χ1n) is 6.35. The molecule has 0 saturated heterocycles. The summed E-state index contributed by atoms with van der Waals surface area (Å²) in [6.07, 6.45) is 0. The molecule has 2 aromatic rings. The first-order valence-corrected chi connectivity index (χ1v) is 6.35. The van der Waals surface area contributed by atoms with Crippen molar-refractivity contribution in [1.82, 2.24) is 0 Å². The van der Waals surface area contributed by atoms with E-state index in [2.05, 4.69) is 0 Å². The monoisotopic (exact) mass is 282 g/mol. The van der Waals surface area contributed by atoms with Crippen molar-refractivity contribution < 1.29 is 14.3 Å². The molecule has 0 unspecified atom stereocenters. The molecule has 0 radical (unpaired) electrons. The van der Waals surface area contributed by atoms with Crippen molar-refractivity contribution in [3.8, 4) is 17.6 Å². The molecule has 2 N–H and O–H groups in total. The highest BCUT2D eigenvalue weighted by Gasteiger charge is 2.07. The minimum atomic E-state index is -0.534. The van der Waals surface area contributed by atoms with Crippen LogP contribution in [0.4, 0.5) is 0 Å². The van der Waals surface area contributed by atoms with E-state index in [0.29, 0.717) is 29.2 Å². The third kappa shape index (κ3) is 3.98. The van der Waals surface area contributed by atoms with Crippen LogP contribution in [0.5, 0.6) is 11.5 Å². The van der Waals surface area contributed by atoms with E-state index in [-0.39, 0.29) is 6.61 Å². The molecule has 21 heavy (non-hydrogen) atoms. The zero-order valence-corrected chi connectivity index (χ0v) is 11.3. The zero-order chi connectivity index (χ0) is 15.1. The van der Waals surface area contributed by atoms with Gasteiger partial charge in [0, 0.05) is 0 Å². The number of hydrogen-bond donors (Lipinski definition) is 1. The Labute approximate surface area is 122 Å². The van der Waals surface area contributed by atoms with Gasteiger partial charge in [0.05, 0.1) is 17.2 Å². The summed E-state index contributed by atoms with van der Waals surface area (Å²) in [5.74, 6) is 0.494. The second-order valence-corrected chi connectivity index (χ2v) is 4.20. The van der Waals surface area contributed by atoms with Gasteiger partial charge in [-0.25, -0.2) is 0 Å². The van der Waals surface area contributed by atoms with Gasteiger partial charge >= 0.3 is 0 Å². The molecule has 0 fully saturated rings. The van der Waals surface area contributed by atoms with Gasteiger partial charge in [0.1, 0.15) is 24.7 Å². The SMILES string of the molecule is N#Cc1cccc(OCCOc2ccccc2C(N)=O)c1. The fourth-order valence-electron chi connectivity index (χ4n) is 1.76. The third-order valence-electron chi connectivity index (χ3n) is 2.73. The van der Waals surface area contributed by atoms with E-state index in [1.807, 2.05) is 6.07 Å². The lowest BCUT2D eigenvalue weighted by Crippen LogP contribution is -2.15. The molecular weight excluding hydrogens is 268 g/mol. The maximum Gasteiger partial charge on any atom is 0.252 e. The van der Waals surface area contributed by atoms with Crippen molar-refractivity contribution in [2.45, 2.75) is 0 Å². The Morgan fingerprint density at radius 3 is 2.62 bits per heavy atom. The smallest absolute Gasteiger partial charge is 0.252 e. The van der Waals surface area contributed by atoms with Crippen LogP contribution in [0, 0.1) is 11.3 Å². The summed E-state index contributed by atoms with van der Waals surface area (Å²) < 4.78 is 11.0. The predicted molar refractivity (Wildman–Crippen MR) is 77.1 cm³/mol. The minimum absolute atomic E-state index is 0.265. The molecule has 2 rings (SSSR count). The molecule has 0 spiro atoms. The number of carbonyl (C=O) groups excluding carboxylic acids is 1. The summed E-state index contributed by atoms with van der Waals surface area (Å²) in [4.78, 5) is 11.2. The second-order valence-electron chi connectivity index (χ2n) is 4.20. The lowest BCUT2D eigenvalue weighted by Gasteiger charge is -2.10. The number of primary amides is 1. The molecule has 0 aliphatic heterocycles. The van der Waals surface area contributed by atoms with Crippen molar-refractivity contribution in [3.05, 3.63) is 59.7 Å². The summed E-state index contributed by atoms with van der Waals surface area (Å²) in [5.41, 5.74) is 6.13. The summed E-state index contributed by atoms with van der Waals surface area (Å²) >= 11 is 0. The molecule has 1 amide bonds. The Balaban J connectivity index is 1.88. The Morgan fingerprint density at radius 2 is 1.86 bits per heavy atom. The highest BCUT2D eigenvalue weighted by atomic mass is 16.5. The lowest BCUT2D eigenvalue weighted by atomic mass is 10.2. The van der Waals surface area contributed by atoms with Gasteiger partial charge < -0.3 is 15.2 Å². The highest BCUT2D eigenvalue weighted by Crippen LogP contribution is 2.17. The number of rotatable bonds is 6. The zero-order valence-electron chi connectivity index (χ0n) is 11.3. The van der Waals surface area contributed by atoms with Crippen LogP contribution in [0.3, 0.4) is 0 Å². The van der Waals surface area contributed by atoms with Gasteiger partial charge in [-0.05, 0) is 30.3 Å². The van der Waals surface area contributed by atoms with E-state index in [4.69, 9.17) is 20.5 Å². The molecule has 0 saturated carbocycles. The Bertz CT molecular complexity index is 677. The van der Waals surface area contributed by atoms with Gasteiger partial charge in [-0.15, -0.1) is 0 Å². The number of benzene rings is 2. The van der Waals surface area contributed by atoms with Crippen molar-refractivity contribution >= 4 is 5.91 Å². The van der Waals surface area contributed by atoms with Crippen LogP contribution in [0.2, 0.25) is 0 Å². The van der Waals surface area contributed by atoms with Gasteiger partial charge in [0.2, 0.25) is 0 Å². The average Bonchev–Trinajstić information content (AvgIpc) is 2.52. The first kappa shape index (κ1) is 14.4. The van der Waals surface area contributed by atoms with Crippen LogP contribution in [0.25, 0.3) is 0 Å². The second kappa shape index (κ2) is 6.96. The molecule has 0 aromatic heterocycles. The van der Waals surface area contributed by atoms with E-state index in [1.54, 1.807) is 48.5 Å². The van der Waals surface area contributed by atoms with Crippen LogP contribution < -0.4 is 15.2 Å². The van der Waals surface area contributed by atoms with Crippen LogP contribution in [-0.4, -0.2) is 19.1 Å². The Kier molecular flexibility index (Phi) is 4.78. The maximum atomic E-state index is 11.2. The van der Waals surface area contributed by atoms with Crippen molar-refractivity contribution in [2.75, 3.05) is 13.2 Å². The van der Waals surface area contributed by atoms with Gasteiger partial charge in [-0.2, -0.15) is 5.26 Å². The lowest BCUT2D eigenvalue weighted by molar-refractivity contribution is 0.0995. The number of ether oxygens (including phenoxy) is 2. The fraction of sp³-hybridized carbons (Fsp3) is 0.125. The molecule has 5 nitrogen and oxygen atoms in total.